The number of aryl methyl sites for hydroxylation is 1. The number of anilines is 1. The molecule has 2 aromatic heterocycles. The van der Waals surface area contributed by atoms with E-state index in [1.54, 1.807) is 12.5 Å². The molecule has 1 saturated heterocycles. The van der Waals surface area contributed by atoms with Gasteiger partial charge in [0, 0.05) is 36.7 Å². The van der Waals surface area contributed by atoms with Crippen molar-refractivity contribution in [3.05, 3.63) is 48.2 Å². The summed E-state index contributed by atoms with van der Waals surface area (Å²) < 4.78 is 0. The molecule has 1 atom stereocenters. The minimum Gasteiger partial charge on any atom is -0.366 e. The second-order valence-corrected chi connectivity index (χ2v) is 5.79. The molecule has 3 rings (SSSR count). The Hall–Kier alpha value is -2.01. The fourth-order valence-electron chi connectivity index (χ4n) is 2.82. The highest BCUT2D eigenvalue weighted by Gasteiger charge is 2.12. The number of nitrogens with one attached hydrogen (secondary N) is 2. The van der Waals surface area contributed by atoms with Crippen molar-refractivity contribution in [3.8, 4) is 0 Å². The van der Waals surface area contributed by atoms with Gasteiger partial charge >= 0.3 is 0 Å². The normalized spacial score (nSPS) is 18.1. The summed E-state index contributed by atoms with van der Waals surface area (Å²) in [4.78, 5) is 12.8. The summed E-state index contributed by atoms with van der Waals surface area (Å²) >= 11 is 0. The Balaban J connectivity index is 1.51. The van der Waals surface area contributed by atoms with Gasteiger partial charge in [0.1, 0.15) is 12.1 Å². The summed E-state index contributed by atoms with van der Waals surface area (Å²) in [6, 6.07) is 6.70. The third kappa shape index (κ3) is 4.49. The second kappa shape index (κ2) is 7.84. The van der Waals surface area contributed by atoms with Crippen molar-refractivity contribution in [2.75, 3.05) is 11.9 Å². The van der Waals surface area contributed by atoms with Crippen molar-refractivity contribution in [1.82, 2.24) is 20.3 Å². The van der Waals surface area contributed by atoms with E-state index in [4.69, 9.17) is 0 Å². The van der Waals surface area contributed by atoms with Gasteiger partial charge in [-0.25, -0.2) is 9.97 Å². The van der Waals surface area contributed by atoms with Gasteiger partial charge in [-0.05, 0) is 43.9 Å². The zero-order chi connectivity index (χ0) is 15.0. The number of nitrogens with zero attached hydrogens (tertiary/aromatic N) is 3. The number of hydrogen-bond acceptors (Lipinski definition) is 5. The summed E-state index contributed by atoms with van der Waals surface area (Å²) in [5.41, 5.74) is 2.25. The van der Waals surface area contributed by atoms with Crippen molar-refractivity contribution in [2.45, 2.75) is 44.7 Å². The molecule has 2 aromatic rings. The standard InChI is InChI=1S/C17H23N5/c1-2-9-19-15(5-1)6-7-16-10-17(22-13-21-16)20-12-14-4-3-8-18-11-14/h3-4,8,10-11,13,15,19H,1-2,5-7,9,12H2,(H,20,21,22). The lowest BCUT2D eigenvalue weighted by Crippen LogP contribution is -2.34. The quantitative estimate of drug-likeness (QED) is 0.858. The van der Waals surface area contributed by atoms with Crippen molar-refractivity contribution >= 4 is 5.82 Å². The smallest absolute Gasteiger partial charge is 0.129 e. The lowest BCUT2D eigenvalue weighted by molar-refractivity contribution is 0.382. The molecule has 0 spiro atoms. The molecule has 1 aliphatic rings. The average molecular weight is 297 g/mol. The van der Waals surface area contributed by atoms with Crippen LogP contribution in [0.3, 0.4) is 0 Å². The van der Waals surface area contributed by atoms with Gasteiger partial charge in [-0.3, -0.25) is 4.98 Å². The van der Waals surface area contributed by atoms with Crippen molar-refractivity contribution in [3.63, 3.8) is 0 Å². The average Bonchev–Trinajstić information content (AvgIpc) is 2.60. The molecule has 0 bridgehead atoms. The fourth-order valence-corrected chi connectivity index (χ4v) is 2.82. The van der Waals surface area contributed by atoms with Crippen LogP contribution in [0.15, 0.2) is 36.9 Å². The molecule has 0 aliphatic carbocycles. The summed E-state index contributed by atoms with van der Waals surface area (Å²) in [5.74, 6) is 0.880. The van der Waals surface area contributed by atoms with Crippen LogP contribution >= 0.6 is 0 Å². The van der Waals surface area contributed by atoms with Crippen LogP contribution in [0.5, 0.6) is 0 Å². The Bertz CT molecular complexity index is 566. The summed E-state index contributed by atoms with van der Waals surface area (Å²) in [6.45, 7) is 1.89. The molecule has 5 heteroatoms. The lowest BCUT2D eigenvalue weighted by atomic mass is 10.00. The highest BCUT2D eigenvalue weighted by Crippen LogP contribution is 2.14. The van der Waals surface area contributed by atoms with Crippen LogP contribution < -0.4 is 10.6 Å². The summed E-state index contributed by atoms with van der Waals surface area (Å²) in [7, 11) is 0. The zero-order valence-electron chi connectivity index (χ0n) is 12.8. The van der Waals surface area contributed by atoms with E-state index < -0.39 is 0 Å². The van der Waals surface area contributed by atoms with E-state index >= 15 is 0 Å². The minimum atomic E-state index is 0.649. The molecule has 22 heavy (non-hydrogen) atoms. The number of pyridine rings is 1. The largest absolute Gasteiger partial charge is 0.366 e. The number of rotatable bonds is 6. The Morgan fingerprint density at radius 1 is 1.27 bits per heavy atom. The van der Waals surface area contributed by atoms with E-state index in [1.165, 1.54) is 19.3 Å². The van der Waals surface area contributed by atoms with Crippen LogP contribution in [0.2, 0.25) is 0 Å². The molecule has 116 valence electrons. The van der Waals surface area contributed by atoms with Gasteiger partial charge in [0.2, 0.25) is 0 Å². The second-order valence-electron chi connectivity index (χ2n) is 5.79. The first-order valence-corrected chi connectivity index (χ1v) is 8.07. The van der Waals surface area contributed by atoms with E-state index in [-0.39, 0.29) is 0 Å². The van der Waals surface area contributed by atoms with Gasteiger partial charge < -0.3 is 10.6 Å². The third-order valence-corrected chi connectivity index (χ3v) is 4.08. The Morgan fingerprint density at radius 2 is 2.27 bits per heavy atom. The monoisotopic (exact) mass is 297 g/mol. The molecule has 5 nitrogen and oxygen atoms in total. The van der Waals surface area contributed by atoms with E-state index in [0.717, 1.165) is 43.0 Å². The Kier molecular flexibility index (Phi) is 5.32. The first-order chi connectivity index (χ1) is 10.9. The molecular weight excluding hydrogens is 274 g/mol. The van der Waals surface area contributed by atoms with E-state index in [9.17, 15) is 0 Å². The summed E-state index contributed by atoms with van der Waals surface area (Å²) in [6.07, 6.45) is 11.4. The molecule has 0 aromatic carbocycles. The predicted molar refractivity (Wildman–Crippen MR) is 87.6 cm³/mol. The van der Waals surface area contributed by atoms with Gasteiger partial charge in [-0.15, -0.1) is 0 Å². The van der Waals surface area contributed by atoms with E-state index in [1.807, 2.05) is 12.3 Å². The maximum absolute atomic E-state index is 4.39. The number of hydrogen-bond donors (Lipinski definition) is 2. The molecule has 2 N–H and O–H groups in total. The number of piperidine rings is 1. The van der Waals surface area contributed by atoms with Gasteiger partial charge in [0.05, 0.1) is 0 Å². The topological polar surface area (TPSA) is 62.7 Å². The Morgan fingerprint density at radius 3 is 3.09 bits per heavy atom. The molecule has 1 unspecified atom stereocenters. The molecule has 1 fully saturated rings. The van der Waals surface area contributed by atoms with Crippen LogP contribution in [-0.4, -0.2) is 27.5 Å². The highest BCUT2D eigenvalue weighted by molar-refractivity contribution is 5.35. The lowest BCUT2D eigenvalue weighted by Gasteiger charge is -2.23. The Labute approximate surface area is 131 Å². The maximum Gasteiger partial charge on any atom is 0.129 e. The first-order valence-electron chi connectivity index (χ1n) is 8.07. The van der Waals surface area contributed by atoms with Gasteiger partial charge in [0.25, 0.3) is 0 Å². The SMILES string of the molecule is c1cncc(CNc2cc(CCC3CCCCN3)ncn2)c1. The molecule has 0 saturated carbocycles. The molecular formula is C17H23N5. The molecule has 1 aliphatic heterocycles. The minimum absolute atomic E-state index is 0.649. The van der Waals surface area contributed by atoms with Crippen LogP contribution in [0.4, 0.5) is 5.82 Å². The van der Waals surface area contributed by atoms with E-state index in [2.05, 4.69) is 37.7 Å². The predicted octanol–water partition coefficient (Wildman–Crippen LogP) is 2.56. The van der Waals surface area contributed by atoms with Gasteiger partial charge in [0.15, 0.2) is 0 Å². The maximum atomic E-state index is 4.39. The molecule has 3 heterocycles. The van der Waals surface area contributed by atoms with Crippen LogP contribution in [0.1, 0.15) is 36.9 Å². The van der Waals surface area contributed by atoms with Gasteiger partial charge in [-0.1, -0.05) is 12.5 Å². The fraction of sp³-hybridized carbons (Fsp3) is 0.471. The zero-order valence-corrected chi connectivity index (χ0v) is 12.8. The number of aromatic nitrogens is 3. The highest BCUT2D eigenvalue weighted by atomic mass is 15.0. The van der Waals surface area contributed by atoms with Crippen molar-refractivity contribution in [1.29, 1.82) is 0 Å². The van der Waals surface area contributed by atoms with Crippen molar-refractivity contribution < 1.29 is 0 Å². The summed E-state index contributed by atoms with van der Waals surface area (Å²) in [5, 5.41) is 6.92. The third-order valence-electron chi connectivity index (χ3n) is 4.08. The van der Waals surface area contributed by atoms with Crippen LogP contribution in [0.25, 0.3) is 0 Å². The molecule has 0 amide bonds. The van der Waals surface area contributed by atoms with Crippen LogP contribution in [0, 0.1) is 0 Å². The van der Waals surface area contributed by atoms with Gasteiger partial charge in [-0.2, -0.15) is 0 Å². The molecule has 0 radical (unpaired) electrons. The first kappa shape index (κ1) is 14.9. The van der Waals surface area contributed by atoms with E-state index in [0.29, 0.717) is 6.04 Å². The van der Waals surface area contributed by atoms with Crippen molar-refractivity contribution in [2.24, 2.45) is 0 Å². The van der Waals surface area contributed by atoms with Crippen LogP contribution in [-0.2, 0) is 13.0 Å².